The quantitative estimate of drug-likeness (QED) is 0.301. The van der Waals surface area contributed by atoms with Crippen molar-refractivity contribution in [1.29, 1.82) is 0 Å². The summed E-state index contributed by atoms with van der Waals surface area (Å²) in [7, 11) is 0. The summed E-state index contributed by atoms with van der Waals surface area (Å²) in [6.45, 7) is -0.0662. The number of hydrogen-bond donors (Lipinski definition) is 1. The molecule has 0 saturated carbocycles. The molecule has 0 aromatic heterocycles. The van der Waals surface area contributed by atoms with E-state index in [2.05, 4.69) is 11.3 Å². The van der Waals surface area contributed by atoms with Gasteiger partial charge in [0.1, 0.15) is 0 Å². The lowest BCUT2D eigenvalue weighted by Gasteiger charge is -2.42. The molecule has 1 N–H and O–H groups in total. The van der Waals surface area contributed by atoms with E-state index in [1.54, 1.807) is 0 Å². The molecule has 0 unspecified atom stereocenters. The molecule has 0 rings (SSSR count). The van der Waals surface area contributed by atoms with Gasteiger partial charge in [0, 0.05) is 0 Å². The fourth-order valence-electron chi connectivity index (χ4n) is 1.48. The molecule has 0 aliphatic carbocycles. The van der Waals surface area contributed by atoms with Crippen LogP contribution in [0.15, 0.2) is 12.2 Å². The number of hydrogen-bond acceptors (Lipinski definition) is 2. The SMILES string of the molecule is C=C(COC(F)(F)C(F)(F)C(F)(F)C(F)(F)C(F)(F)C(F)(F)C(F)(F)C(F)(F)F)C(=O)O. The molecule has 0 aliphatic rings. The van der Waals surface area contributed by atoms with Crippen molar-refractivity contribution in [2.24, 2.45) is 0 Å². The molecule has 0 amide bonds. The summed E-state index contributed by atoms with van der Waals surface area (Å²) in [6, 6.07) is 0. The Hall–Kier alpha value is -2.02. The van der Waals surface area contributed by atoms with E-state index in [9.17, 15) is 79.4 Å². The predicted octanol–water partition coefficient (Wildman–Crippen LogP) is 5.61. The van der Waals surface area contributed by atoms with Crippen LogP contribution in [0, 0.1) is 0 Å². The van der Waals surface area contributed by atoms with Gasteiger partial charge < -0.3 is 9.84 Å². The first-order chi connectivity index (χ1) is 13.6. The maximum atomic E-state index is 13.3. The van der Waals surface area contributed by atoms with Gasteiger partial charge in [-0.05, 0) is 0 Å². The number of carboxylic acid groups (broad SMARTS) is 1. The Balaban J connectivity index is 6.53. The molecule has 0 bridgehead atoms. The first-order valence-electron chi connectivity index (χ1n) is 6.84. The second kappa shape index (κ2) is 7.79. The van der Waals surface area contributed by atoms with Crippen LogP contribution < -0.4 is 0 Å². The van der Waals surface area contributed by atoms with E-state index in [4.69, 9.17) is 5.11 Å². The molecule has 3 nitrogen and oxygen atoms in total. The van der Waals surface area contributed by atoms with E-state index in [1.807, 2.05) is 0 Å². The van der Waals surface area contributed by atoms with Gasteiger partial charge in [-0.15, -0.1) is 0 Å². The third kappa shape index (κ3) is 4.04. The number of alkyl halides is 17. The number of ether oxygens (including phenoxy) is 1. The van der Waals surface area contributed by atoms with Gasteiger partial charge in [0.05, 0.1) is 12.2 Å². The lowest BCUT2D eigenvalue weighted by atomic mass is 9.90. The zero-order valence-corrected chi connectivity index (χ0v) is 14.1. The highest BCUT2D eigenvalue weighted by Crippen LogP contribution is 2.63. The van der Waals surface area contributed by atoms with Crippen LogP contribution in [-0.4, -0.2) is 65.5 Å². The number of rotatable bonds is 10. The van der Waals surface area contributed by atoms with Crippen molar-refractivity contribution in [3.05, 3.63) is 12.2 Å². The molecule has 32 heavy (non-hydrogen) atoms. The number of aliphatic carboxylic acids is 1. The maximum Gasteiger partial charge on any atom is 0.460 e. The molecular formula is C12H5F17O3. The smallest absolute Gasteiger partial charge is 0.460 e. The topological polar surface area (TPSA) is 46.5 Å². The Morgan fingerprint density at radius 2 is 0.875 bits per heavy atom. The summed E-state index contributed by atoms with van der Waals surface area (Å²) in [6.07, 6.45) is -15.0. The van der Waals surface area contributed by atoms with E-state index in [0.717, 1.165) is 0 Å². The molecule has 0 aromatic rings. The van der Waals surface area contributed by atoms with Crippen molar-refractivity contribution in [3.8, 4) is 0 Å². The average molecular weight is 520 g/mol. The molecule has 0 aromatic carbocycles. The Kier molecular flexibility index (Phi) is 7.29. The van der Waals surface area contributed by atoms with Crippen molar-refractivity contribution in [2.75, 3.05) is 6.61 Å². The van der Waals surface area contributed by atoms with Gasteiger partial charge in [0.15, 0.2) is 0 Å². The minimum atomic E-state index is -8.74. The number of carbonyl (C=O) groups is 1. The minimum Gasteiger partial charge on any atom is -0.478 e. The van der Waals surface area contributed by atoms with Crippen molar-refractivity contribution >= 4 is 5.97 Å². The normalized spacial score (nSPS) is 15.7. The molecule has 190 valence electrons. The zero-order valence-electron chi connectivity index (χ0n) is 14.1. The van der Waals surface area contributed by atoms with Crippen molar-refractivity contribution in [2.45, 2.75) is 47.8 Å². The number of carboxylic acids is 1. The van der Waals surface area contributed by atoms with Crippen LogP contribution >= 0.6 is 0 Å². The summed E-state index contributed by atoms with van der Waals surface area (Å²) in [5.41, 5.74) is -1.66. The second-order valence-electron chi connectivity index (χ2n) is 5.66. The van der Waals surface area contributed by atoms with Gasteiger partial charge in [0.2, 0.25) is 0 Å². The summed E-state index contributed by atoms with van der Waals surface area (Å²) in [5, 5.41) is 8.18. The molecule has 0 spiro atoms. The lowest BCUT2D eigenvalue weighted by Crippen LogP contribution is -2.74. The van der Waals surface area contributed by atoms with Crippen LogP contribution in [0.1, 0.15) is 0 Å². The highest BCUT2D eigenvalue weighted by molar-refractivity contribution is 5.85. The van der Waals surface area contributed by atoms with Gasteiger partial charge in [-0.25, -0.2) is 4.79 Å². The standard InChI is InChI=1S/C12H5F17O3/c1-3(4(30)31)2-32-12(28,29)10(23,24)8(19,20)6(15,16)5(13,14)7(17,18)9(21,22)11(25,26)27/h1-2H2,(H,30,31). The van der Waals surface area contributed by atoms with E-state index in [0.29, 0.717) is 0 Å². The predicted molar refractivity (Wildman–Crippen MR) is 63.4 cm³/mol. The Labute approximate surface area is 163 Å². The molecule has 0 radical (unpaired) electrons. The van der Waals surface area contributed by atoms with Crippen LogP contribution in [0.3, 0.4) is 0 Å². The van der Waals surface area contributed by atoms with Gasteiger partial charge in [-0.3, -0.25) is 0 Å². The first-order valence-corrected chi connectivity index (χ1v) is 6.84. The summed E-state index contributed by atoms with van der Waals surface area (Å²) in [4.78, 5) is 10.2. The minimum absolute atomic E-state index is 1.66. The molecule has 0 aliphatic heterocycles. The highest BCUT2D eigenvalue weighted by Gasteiger charge is 2.95. The molecule has 0 heterocycles. The fraction of sp³-hybridized carbons (Fsp3) is 0.750. The van der Waals surface area contributed by atoms with Gasteiger partial charge in [0.25, 0.3) is 0 Å². The van der Waals surface area contributed by atoms with Gasteiger partial charge >= 0.3 is 53.8 Å². The Morgan fingerprint density at radius 3 is 1.16 bits per heavy atom. The van der Waals surface area contributed by atoms with Crippen LogP contribution in [0.2, 0.25) is 0 Å². The average Bonchev–Trinajstić information content (AvgIpc) is 2.57. The Bertz CT molecular complexity index is 736. The van der Waals surface area contributed by atoms with Crippen molar-refractivity contribution in [3.63, 3.8) is 0 Å². The zero-order chi connectivity index (χ0) is 26.6. The van der Waals surface area contributed by atoms with Crippen LogP contribution in [0.25, 0.3) is 0 Å². The molecular weight excluding hydrogens is 515 g/mol. The molecule has 0 saturated heterocycles. The van der Waals surface area contributed by atoms with Gasteiger partial charge in [-0.2, -0.15) is 74.6 Å². The summed E-state index contributed by atoms with van der Waals surface area (Å²) in [5.74, 6) is -53.2. The first kappa shape index (κ1) is 30.0. The molecule has 0 fully saturated rings. The third-order valence-corrected chi connectivity index (χ3v) is 3.42. The largest absolute Gasteiger partial charge is 0.478 e. The lowest BCUT2D eigenvalue weighted by molar-refractivity contribution is -0.477. The van der Waals surface area contributed by atoms with E-state index in [1.165, 1.54) is 0 Å². The summed E-state index contributed by atoms with van der Waals surface area (Å²) < 4.78 is 222. The second-order valence-corrected chi connectivity index (χ2v) is 5.66. The maximum absolute atomic E-state index is 13.3. The van der Waals surface area contributed by atoms with E-state index >= 15 is 0 Å². The van der Waals surface area contributed by atoms with Crippen molar-refractivity contribution < 1.29 is 89.3 Å². The Morgan fingerprint density at radius 1 is 0.594 bits per heavy atom. The molecule has 20 heteroatoms. The van der Waals surface area contributed by atoms with Crippen LogP contribution in [0.4, 0.5) is 74.6 Å². The summed E-state index contributed by atoms with van der Waals surface area (Å²) >= 11 is 0. The van der Waals surface area contributed by atoms with E-state index < -0.39 is 66.0 Å². The highest BCUT2D eigenvalue weighted by atomic mass is 19.4. The third-order valence-electron chi connectivity index (χ3n) is 3.42. The molecule has 0 atom stereocenters. The van der Waals surface area contributed by atoms with E-state index in [-0.39, 0.29) is 0 Å². The van der Waals surface area contributed by atoms with Crippen LogP contribution in [0.5, 0.6) is 0 Å². The number of halogens is 17. The van der Waals surface area contributed by atoms with Gasteiger partial charge in [-0.1, -0.05) is 6.58 Å². The monoisotopic (exact) mass is 520 g/mol. The van der Waals surface area contributed by atoms with Crippen LogP contribution in [-0.2, 0) is 9.53 Å². The van der Waals surface area contributed by atoms with Crippen molar-refractivity contribution in [1.82, 2.24) is 0 Å². The fourth-order valence-corrected chi connectivity index (χ4v) is 1.48.